The van der Waals surface area contributed by atoms with Crippen molar-refractivity contribution >= 4 is 50.7 Å². The number of halogens is 2. The number of ether oxygens (including phenoxy) is 1. The van der Waals surface area contributed by atoms with Crippen LogP contribution >= 0.6 is 23.2 Å². The van der Waals surface area contributed by atoms with Crippen LogP contribution in [0, 0.1) is 6.92 Å². The van der Waals surface area contributed by atoms with Gasteiger partial charge < -0.3 is 15.0 Å². The summed E-state index contributed by atoms with van der Waals surface area (Å²) < 4.78 is 34.2. The van der Waals surface area contributed by atoms with Crippen molar-refractivity contribution in [3.05, 3.63) is 87.9 Å². The van der Waals surface area contributed by atoms with E-state index in [0.29, 0.717) is 12.2 Å². The minimum absolute atomic E-state index is 0.0174. The highest BCUT2D eigenvalue weighted by Crippen LogP contribution is 2.33. The quantitative estimate of drug-likeness (QED) is 0.270. The number of sulfonamides is 1. The second-order valence-electron chi connectivity index (χ2n) is 11.0. The average molecular weight is 635 g/mol. The van der Waals surface area contributed by atoms with E-state index in [9.17, 15) is 18.0 Å². The Labute approximate surface area is 258 Å². The first-order chi connectivity index (χ1) is 19.7. The topological polar surface area (TPSA) is 96.0 Å². The molecule has 1 atom stereocenters. The fourth-order valence-electron chi connectivity index (χ4n) is 4.33. The molecule has 8 nitrogen and oxygen atoms in total. The number of nitrogens with one attached hydrogen (secondary N) is 1. The number of amides is 2. The molecule has 0 heterocycles. The highest BCUT2D eigenvalue weighted by molar-refractivity contribution is 7.92. The first kappa shape index (κ1) is 33.2. The Morgan fingerprint density at radius 1 is 0.976 bits per heavy atom. The number of hydrogen-bond donors (Lipinski definition) is 1. The highest BCUT2D eigenvalue weighted by atomic mass is 35.5. The number of nitrogens with zero attached hydrogens (tertiary/aromatic N) is 2. The van der Waals surface area contributed by atoms with Crippen molar-refractivity contribution in [1.29, 1.82) is 0 Å². The molecule has 3 rings (SSSR count). The first-order valence-electron chi connectivity index (χ1n) is 13.4. The smallest absolute Gasteiger partial charge is 0.264 e. The number of methoxy groups -OCH3 is 1. The van der Waals surface area contributed by atoms with E-state index < -0.39 is 34.1 Å². The standard InChI is InChI=1S/C31H37Cl2N3O5S/c1-7-27(30(38)34-31(3,4)5)35(19-22-10-13-24(41-6)14-11-22)29(37)20-36(28-18-23(32)12-17-26(28)33)42(39,40)25-15-8-21(2)9-16-25/h8-18,27H,7,19-20H2,1-6H3,(H,34,38)/t27-/m1/s1. The number of benzene rings is 3. The predicted octanol–water partition coefficient (Wildman–Crippen LogP) is 6.23. The van der Waals surface area contributed by atoms with Crippen molar-refractivity contribution in [3.63, 3.8) is 0 Å². The lowest BCUT2D eigenvalue weighted by Gasteiger charge is -2.35. The Morgan fingerprint density at radius 2 is 1.60 bits per heavy atom. The monoisotopic (exact) mass is 633 g/mol. The van der Waals surface area contributed by atoms with Crippen molar-refractivity contribution in [2.45, 2.75) is 64.1 Å². The van der Waals surface area contributed by atoms with Crippen molar-refractivity contribution in [1.82, 2.24) is 10.2 Å². The van der Waals surface area contributed by atoms with Gasteiger partial charge in [-0.05, 0) is 82.1 Å². The molecule has 0 fully saturated rings. The van der Waals surface area contributed by atoms with Gasteiger partial charge in [-0.2, -0.15) is 0 Å². The summed E-state index contributed by atoms with van der Waals surface area (Å²) >= 11 is 12.7. The first-order valence-corrected chi connectivity index (χ1v) is 15.6. The van der Waals surface area contributed by atoms with E-state index in [-0.39, 0.29) is 33.1 Å². The van der Waals surface area contributed by atoms with Crippen molar-refractivity contribution in [2.24, 2.45) is 0 Å². The maximum atomic E-state index is 14.2. The molecule has 226 valence electrons. The van der Waals surface area contributed by atoms with Crippen LogP contribution < -0.4 is 14.4 Å². The normalized spacial score (nSPS) is 12.4. The molecule has 0 bridgehead atoms. The second kappa shape index (κ2) is 13.8. The highest BCUT2D eigenvalue weighted by Gasteiger charge is 2.35. The van der Waals surface area contributed by atoms with Gasteiger partial charge in [0.05, 0.1) is 22.7 Å². The summed E-state index contributed by atoms with van der Waals surface area (Å²) in [4.78, 5) is 29.0. The molecule has 0 saturated heterocycles. The summed E-state index contributed by atoms with van der Waals surface area (Å²) in [5.41, 5.74) is 1.11. The van der Waals surface area contributed by atoms with E-state index >= 15 is 0 Å². The van der Waals surface area contributed by atoms with Crippen LogP contribution in [-0.2, 0) is 26.2 Å². The third-order valence-corrected chi connectivity index (χ3v) is 8.79. The van der Waals surface area contributed by atoms with E-state index in [1.165, 1.54) is 35.2 Å². The molecule has 0 aliphatic rings. The summed E-state index contributed by atoms with van der Waals surface area (Å²) in [5, 5.41) is 3.30. The van der Waals surface area contributed by atoms with Crippen LogP contribution in [0.5, 0.6) is 5.75 Å². The molecule has 2 amide bonds. The summed E-state index contributed by atoms with van der Waals surface area (Å²) in [5.74, 6) is -0.297. The molecule has 0 radical (unpaired) electrons. The zero-order valence-corrected chi connectivity index (χ0v) is 27.0. The van der Waals surface area contributed by atoms with E-state index in [1.807, 2.05) is 27.7 Å². The zero-order chi connectivity index (χ0) is 31.2. The van der Waals surface area contributed by atoms with E-state index in [4.69, 9.17) is 27.9 Å². The van der Waals surface area contributed by atoms with Gasteiger partial charge in [0.1, 0.15) is 18.3 Å². The lowest BCUT2D eigenvalue weighted by Crippen LogP contribution is -2.55. The molecule has 11 heteroatoms. The molecule has 0 saturated carbocycles. The van der Waals surface area contributed by atoms with Crippen molar-refractivity contribution < 1.29 is 22.7 Å². The maximum absolute atomic E-state index is 14.2. The molecule has 0 spiro atoms. The Morgan fingerprint density at radius 3 is 2.14 bits per heavy atom. The molecular formula is C31H37Cl2N3O5S. The zero-order valence-electron chi connectivity index (χ0n) is 24.6. The van der Waals surface area contributed by atoms with Crippen LogP contribution in [0.4, 0.5) is 5.69 Å². The van der Waals surface area contributed by atoms with Gasteiger partial charge in [0.15, 0.2) is 0 Å². The molecule has 0 aromatic heterocycles. The Hall–Kier alpha value is -3.27. The van der Waals surface area contributed by atoms with Gasteiger partial charge in [0.25, 0.3) is 10.0 Å². The van der Waals surface area contributed by atoms with Gasteiger partial charge in [0.2, 0.25) is 11.8 Å². The third kappa shape index (κ3) is 8.40. The van der Waals surface area contributed by atoms with Crippen molar-refractivity contribution in [2.75, 3.05) is 18.0 Å². The molecule has 42 heavy (non-hydrogen) atoms. The summed E-state index contributed by atoms with van der Waals surface area (Å²) in [6, 6.07) is 16.9. The summed E-state index contributed by atoms with van der Waals surface area (Å²) in [6.07, 6.45) is 0.298. The number of hydrogen-bond acceptors (Lipinski definition) is 5. The van der Waals surface area contributed by atoms with E-state index in [1.54, 1.807) is 50.4 Å². The lowest BCUT2D eigenvalue weighted by molar-refractivity contribution is -0.141. The van der Waals surface area contributed by atoms with Crippen LogP contribution in [-0.4, -0.2) is 50.4 Å². The number of carbonyl (C=O) groups is 2. The lowest BCUT2D eigenvalue weighted by atomic mass is 10.1. The molecule has 0 aliphatic carbocycles. The summed E-state index contributed by atoms with van der Waals surface area (Å²) in [7, 11) is -2.72. The van der Waals surface area contributed by atoms with Crippen LogP contribution in [0.15, 0.2) is 71.6 Å². The van der Waals surface area contributed by atoms with Crippen LogP contribution in [0.25, 0.3) is 0 Å². The molecule has 0 aliphatic heterocycles. The molecule has 3 aromatic carbocycles. The SMILES string of the molecule is CC[C@H](C(=O)NC(C)(C)C)N(Cc1ccc(OC)cc1)C(=O)CN(c1cc(Cl)ccc1Cl)S(=O)(=O)c1ccc(C)cc1. The van der Waals surface area contributed by atoms with Gasteiger partial charge in [-0.1, -0.05) is 60.0 Å². The van der Waals surface area contributed by atoms with E-state index in [0.717, 1.165) is 15.4 Å². The number of rotatable bonds is 11. The summed E-state index contributed by atoms with van der Waals surface area (Å²) in [6.45, 7) is 8.64. The second-order valence-corrected chi connectivity index (χ2v) is 13.7. The van der Waals surface area contributed by atoms with Crippen LogP contribution in [0.1, 0.15) is 45.2 Å². The molecule has 0 unspecified atom stereocenters. The minimum Gasteiger partial charge on any atom is -0.497 e. The van der Waals surface area contributed by atoms with E-state index in [2.05, 4.69) is 5.32 Å². The predicted molar refractivity (Wildman–Crippen MR) is 168 cm³/mol. The van der Waals surface area contributed by atoms with Gasteiger partial charge in [-0.3, -0.25) is 13.9 Å². The number of aryl methyl sites for hydroxylation is 1. The Balaban J connectivity index is 2.11. The molecular weight excluding hydrogens is 597 g/mol. The third-order valence-electron chi connectivity index (χ3n) is 6.46. The number of anilines is 1. The Kier molecular flexibility index (Phi) is 10.9. The molecule has 1 N–H and O–H groups in total. The van der Waals surface area contributed by atoms with Crippen molar-refractivity contribution in [3.8, 4) is 5.75 Å². The largest absolute Gasteiger partial charge is 0.497 e. The fourth-order valence-corrected chi connectivity index (χ4v) is 6.19. The van der Waals surface area contributed by atoms with Gasteiger partial charge in [-0.25, -0.2) is 8.42 Å². The minimum atomic E-state index is -4.28. The average Bonchev–Trinajstić information content (AvgIpc) is 2.92. The Bertz CT molecular complexity index is 1510. The van der Waals surface area contributed by atoms with Gasteiger partial charge in [0, 0.05) is 17.1 Å². The number of carbonyl (C=O) groups excluding carboxylic acids is 2. The maximum Gasteiger partial charge on any atom is 0.264 e. The fraction of sp³-hybridized carbons (Fsp3) is 0.355. The van der Waals surface area contributed by atoms with Gasteiger partial charge in [-0.15, -0.1) is 0 Å². The molecule has 3 aromatic rings. The van der Waals surface area contributed by atoms with Crippen LogP contribution in [0.3, 0.4) is 0 Å². The van der Waals surface area contributed by atoms with Crippen LogP contribution in [0.2, 0.25) is 10.0 Å². The van der Waals surface area contributed by atoms with Gasteiger partial charge >= 0.3 is 0 Å².